The lowest BCUT2D eigenvalue weighted by atomic mass is 10.1. The minimum absolute atomic E-state index is 0.0104. The minimum Gasteiger partial charge on any atom is -0.486 e. The number of ketones is 1. The summed E-state index contributed by atoms with van der Waals surface area (Å²) in [5, 5.41) is 0. The van der Waals surface area contributed by atoms with E-state index in [0.29, 0.717) is 37.6 Å². The van der Waals surface area contributed by atoms with E-state index in [4.69, 9.17) is 9.47 Å². The molecule has 1 aromatic heterocycles. The highest BCUT2D eigenvalue weighted by atomic mass is 32.2. The number of sulfone groups is 1. The summed E-state index contributed by atoms with van der Waals surface area (Å²) in [4.78, 5) is 14.8. The van der Waals surface area contributed by atoms with Gasteiger partial charge >= 0.3 is 0 Å². The molecular weight excluding hydrogens is 380 g/mol. The Balaban J connectivity index is 1.56. The zero-order valence-electron chi connectivity index (χ0n) is 16.1. The molecule has 0 bridgehead atoms. The monoisotopic (exact) mass is 404 g/mol. The van der Waals surface area contributed by atoms with Crippen LogP contribution in [0.15, 0.2) is 24.3 Å². The third kappa shape index (κ3) is 3.66. The Bertz CT molecular complexity index is 1010. The molecule has 28 heavy (non-hydrogen) atoms. The highest BCUT2D eigenvalue weighted by Gasteiger charge is 2.25. The molecule has 3 heterocycles. The maximum Gasteiger partial charge on any atom is 0.178 e. The van der Waals surface area contributed by atoms with Crippen molar-refractivity contribution in [1.82, 2.24) is 9.47 Å². The molecule has 0 atom stereocenters. The van der Waals surface area contributed by atoms with Crippen LogP contribution in [0.25, 0.3) is 5.69 Å². The van der Waals surface area contributed by atoms with Crippen LogP contribution in [0.3, 0.4) is 0 Å². The van der Waals surface area contributed by atoms with Crippen molar-refractivity contribution in [3.63, 3.8) is 0 Å². The van der Waals surface area contributed by atoms with Crippen LogP contribution in [0, 0.1) is 13.8 Å². The Kier molecular flexibility index (Phi) is 4.93. The summed E-state index contributed by atoms with van der Waals surface area (Å²) in [5.41, 5.74) is 3.41. The zero-order valence-corrected chi connectivity index (χ0v) is 16.9. The molecule has 0 aliphatic carbocycles. The number of nitrogens with zero attached hydrogens (tertiary/aromatic N) is 2. The van der Waals surface area contributed by atoms with Crippen LogP contribution in [0.1, 0.15) is 21.7 Å². The van der Waals surface area contributed by atoms with Crippen LogP contribution in [-0.4, -0.2) is 68.0 Å². The molecule has 0 N–H and O–H groups in total. The van der Waals surface area contributed by atoms with Gasteiger partial charge < -0.3 is 14.0 Å². The van der Waals surface area contributed by atoms with Crippen molar-refractivity contribution in [3.05, 3.63) is 41.2 Å². The molecule has 150 valence electrons. The number of fused-ring (bicyclic) bond motifs is 1. The van der Waals surface area contributed by atoms with Gasteiger partial charge in [0.1, 0.15) is 13.2 Å². The van der Waals surface area contributed by atoms with Crippen molar-refractivity contribution in [3.8, 4) is 17.2 Å². The first-order chi connectivity index (χ1) is 13.3. The number of ether oxygens (including phenoxy) is 2. The van der Waals surface area contributed by atoms with Gasteiger partial charge in [-0.3, -0.25) is 9.69 Å². The number of carbonyl (C=O) groups excluding carboxylic acids is 1. The number of carbonyl (C=O) groups is 1. The van der Waals surface area contributed by atoms with Gasteiger partial charge in [-0.1, -0.05) is 0 Å². The summed E-state index contributed by atoms with van der Waals surface area (Å²) in [6.45, 7) is 6.02. The van der Waals surface area contributed by atoms with Gasteiger partial charge in [-0.25, -0.2) is 8.42 Å². The van der Waals surface area contributed by atoms with E-state index >= 15 is 0 Å². The van der Waals surface area contributed by atoms with Crippen molar-refractivity contribution in [2.75, 3.05) is 44.4 Å². The maximum atomic E-state index is 12.9. The van der Waals surface area contributed by atoms with Crippen LogP contribution in [-0.2, 0) is 9.84 Å². The third-order valence-electron chi connectivity index (χ3n) is 5.32. The molecule has 2 aromatic rings. The first-order valence-electron chi connectivity index (χ1n) is 9.39. The number of hydrogen-bond donors (Lipinski definition) is 0. The number of hydrogen-bond acceptors (Lipinski definition) is 6. The summed E-state index contributed by atoms with van der Waals surface area (Å²) in [5.74, 6) is 1.69. The van der Waals surface area contributed by atoms with Gasteiger partial charge in [0.05, 0.1) is 18.1 Å². The van der Waals surface area contributed by atoms with Crippen LogP contribution in [0.5, 0.6) is 11.5 Å². The smallest absolute Gasteiger partial charge is 0.178 e. The number of rotatable bonds is 4. The molecule has 2 aliphatic heterocycles. The number of benzene rings is 1. The topological polar surface area (TPSA) is 77.8 Å². The molecule has 0 saturated carbocycles. The fraction of sp³-hybridized carbons (Fsp3) is 0.450. The van der Waals surface area contributed by atoms with E-state index in [1.807, 2.05) is 47.6 Å². The zero-order chi connectivity index (χ0) is 19.9. The molecule has 0 radical (unpaired) electrons. The molecule has 1 saturated heterocycles. The first-order valence-corrected chi connectivity index (χ1v) is 11.2. The summed E-state index contributed by atoms with van der Waals surface area (Å²) in [6, 6.07) is 7.67. The van der Waals surface area contributed by atoms with Gasteiger partial charge in [0.25, 0.3) is 0 Å². The van der Waals surface area contributed by atoms with Crippen molar-refractivity contribution < 1.29 is 22.7 Å². The molecule has 0 unspecified atom stereocenters. The van der Waals surface area contributed by atoms with Crippen molar-refractivity contribution in [2.45, 2.75) is 13.8 Å². The molecule has 2 aliphatic rings. The van der Waals surface area contributed by atoms with Gasteiger partial charge in [-0.15, -0.1) is 0 Å². The van der Waals surface area contributed by atoms with E-state index in [1.54, 1.807) is 0 Å². The van der Waals surface area contributed by atoms with E-state index in [-0.39, 0.29) is 23.8 Å². The number of aromatic nitrogens is 1. The molecule has 7 nitrogen and oxygen atoms in total. The fourth-order valence-electron chi connectivity index (χ4n) is 3.81. The fourth-order valence-corrected chi connectivity index (χ4v) is 5.09. The predicted molar refractivity (Wildman–Crippen MR) is 106 cm³/mol. The highest BCUT2D eigenvalue weighted by molar-refractivity contribution is 7.91. The van der Waals surface area contributed by atoms with Gasteiger partial charge in [-0.2, -0.15) is 0 Å². The largest absolute Gasteiger partial charge is 0.486 e. The van der Waals surface area contributed by atoms with E-state index < -0.39 is 9.84 Å². The molecule has 8 heteroatoms. The summed E-state index contributed by atoms with van der Waals surface area (Å²) >= 11 is 0. The lowest BCUT2D eigenvalue weighted by Gasteiger charge is -2.25. The van der Waals surface area contributed by atoms with Crippen LogP contribution in [0.4, 0.5) is 0 Å². The number of aryl methyl sites for hydroxylation is 1. The summed E-state index contributed by atoms with van der Waals surface area (Å²) in [6.07, 6.45) is 0. The van der Waals surface area contributed by atoms with Gasteiger partial charge in [0.2, 0.25) is 0 Å². The Morgan fingerprint density at radius 1 is 1.04 bits per heavy atom. The van der Waals surface area contributed by atoms with Crippen LogP contribution < -0.4 is 9.47 Å². The van der Waals surface area contributed by atoms with Crippen molar-refractivity contribution in [1.29, 1.82) is 0 Å². The second-order valence-electron chi connectivity index (χ2n) is 7.30. The molecule has 0 amide bonds. The Morgan fingerprint density at radius 3 is 2.43 bits per heavy atom. The summed E-state index contributed by atoms with van der Waals surface area (Å²) in [7, 11) is -2.95. The first kappa shape index (κ1) is 19.0. The Hall–Kier alpha value is -2.32. The van der Waals surface area contributed by atoms with Crippen LogP contribution >= 0.6 is 0 Å². The molecule has 1 fully saturated rings. The van der Waals surface area contributed by atoms with Crippen molar-refractivity contribution >= 4 is 15.6 Å². The Labute approximate surface area is 164 Å². The average molecular weight is 404 g/mol. The molecular formula is C20H24N2O5S. The molecule has 4 rings (SSSR count). The third-order valence-corrected chi connectivity index (χ3v) is 6.93. The molecule has 1 aromatic carbocycles. The Morgan fingerprint density at radius 2 is 1.71 bits per heavy atom. The van der Waals surface area contributed by atoms with E-state index in [2.05, 4.69) is 0 Å². The standard InChI is InChI=1S/C20H24N2O5S/c1-14-11-17(18(23)13-21-5-9-28(24,25)10-6-21)15(2)22(14)16-3-4-19-20(12-16)27-8-7-26-19/h3-4,11-12H,5-10,13H2,1-2H3. The quantitative estimate of drug-likeness (QED) is 0.723. The van der Waals surface area contributed by atoms with E-state index in [9.17, 15) is 13.2 Å². The van der Waals surface area contributed by atoms with Gasteiger partial charge in [0, 0.05) is 41.8 Å². The maximum absolute atomic E-state index is 12.9. The van der Waals surface area contributed by atoms with Gasteiger partial charge in [0.15, 0.2) is 27.1 Å². The second-order valence-corrected chi connectivity index (χ2v) is 9.60. The predicted octanol–water partition coefficient (Wildman–Crippen LogP) is 1.78. The van der Waals surface area contributed by atoms with Crippen LogP contribution in [0.2, 0.25) is 0 Å². The molecule has 0 spiro atoms. The average Bonchev–Trinajstić information content (AvgIpc) is 2.97. The lowest BCUT2D eigenvalue weighted by molar-refractivity contribution is 0.0935. The van der Waals surface area contributed by atoms with Crippen molar-refractivity contribution in [2.24, 2.45) is 0 Å². The normalized spacial score (nSPS) is 18.8. The minimum atomic E-state index is -2.95. The van der Waals surface area contributed by atoms with E-state index in [1.165, 1.54) is 0 Å². The SMILES string of the molecule is Cc1cc(C(=O)CN2CCS(=O)(=O)CC2)c(C)n1-c1ccc2c(c1)OCCO2. The highest BCUT2D eigenvalue weighted by Crippen LogP contribution is 2.33. The van der Waals surface area contributed by atoms with E-state index in [0.717, 1.165) is 22.8 Å². The second kappa shape index (κ2) is 7.25. The number of Topliss-reactive ketones (excluding diaryl/α,β-unsaturated/α-hetero) is 1. The lowest BCUT2D eigenvalue weighted by Crippen LogP contribution is -2.42. The summed E-state index contributed by atoms with van der Waals surface area (Å²) < 4.78 is 36.4. The van der Waals surface area contributed by atoms with Gasteiger partial charge in [-0.05, 0) is 32.0 Å².